The number of nitrogens with zero attached hydrogens (tertiary/aromatic N) is 6. The molecule has 0 amide bonds. The zero-order chi connectivity index (χ0) is 48.4. The van der Waals surface area contributed by atoms with E-state index in [0.29, 0.717) is 45.4 Å². The van der Waals surface area contributed by atoms with Crippen LogP contribution in [0.1, 0.15) is 77.1 Å². The molecular formula is C52H73N7O8. The first-order valence-electron chi connectivity index (χ1n) is 23.8. The number of ketones is 1. The third-order valence-electron chi connectivity index (χ3n) is 13.4. The molecule has 12 atom stereocenters. The molecule has 1 saturated heterocycles. The molecule has 4 N–H and O–H groups in total. The zero-order valence-corrected chi connectivity index (χ0v) is 40.7. The van der Waals surface area contributed by atoms with Crippen LogP contribution in [0.3, 0.4) is 0 Å². The van der Waals surface area contributed by atoms with E-state index in [4.69, 9.17) is 14.2 Å². The van der Waals surface area contributed by atoms with Gasteiger partial charge in [0.05, 0.1) is 66.2 Å². The summed E-state index contributed by atoms with van der Waals surface area (Å²) in [7, 11) is 5.54. The molecule has 0 spiro atoms. The van der Waals surface area contributed by atoms with E-state index < -0.39 is 66.8 Å². The summed E-state index contributed by atoms with van der Waals surface area (Å²) in [5, 5.41) is 48.2. The van der Waals surface area contributed by atoms with Crippen molar-refractivity contribution in [2.75, 3.05) is 34.2 Å². The van der Waals surface area contributed by atoms with Crippen LogP contribution in [0.5, 0.6) is 0 Å². The largest absolute Gasteiger partial charge is 0.462 e. The van der Waals surface area contributed by atoms with Gasteiger partial charge in [-0.1, -0.05) is 91.7 Å². The number of aliphatic hydroxyl groups is 3. The molecule has 15 nitrogen and oxygen atoms in total. The topological polar surface area (TPSA) is 185 Å². The molecule has 0 radical (unpaired) electrons. The first-order chi connectivity index (χ1) is 32.0. The van der Waals surface area contributed by atoms with Gasteiger partial charge < -0.3 is 44.6 Å². The van der Waals surface area contributed by atoms with Crippen molar-refractivity contribution in [3.63, 3.8) is 0 Å². The number of likely N-dealkylation sites (N-methyl/N-ethyl adjacent to an activating group) is 1. The number of carbonyl (C=O) groups is 2. The second-order valence-corrected chi connectivity index (χ2v) is 19.2. The highest BCUT2D eigenvalue weighted by Gasteiger charge is 2.47. The van der Waals surface area contributed by atoms with E-state index in [9.17, 15) is 24.9 Å². The average molecular weight is 924 g/mol. The molecule has 2 aliphatic heterocycles. The van der Waals surface area contributed by atoms with Gasteiger partial charge in [0.25, 0.3) is 0 Å². The predicted octanol–water partition coefficient (Wildman–Crippen LogP) is 5.57. The molecule has 4 aromatic rings. The number of cyclic esters (lactones) is 1. The summed E-state index contributed by atoms with van der Waals surface area (Å²) in [5.41, 5.74) is 5.61. The van der Waals surface area contributed by atoms with E-state index >= 15 is 0 Å². The monoisotopic (exact) mass is 924 g/mol. The summed E-state index contributed by atoms with van der Waals surface area (Å²) in [6.45, 7) is 13.6. The molecule has 67 heavy (non-hydrogen) atoms. The number of ether oxygens (including phenoxy) is 3. The van der Waals surface area contributed by atoms with Crippen molar-refractivity contribution in [3.05, 3.63) is 108 Å². The van der Waals surface area contributed by atoms with Crippen LogP contribution in [0, 0.1) is 30.6 Å². The van der Waals surface area contributed by atoms with Crippen molar-refractivity contribution in [2.45, 2.75) is 129 Å². The summed E-state index contributed by atoms with van der Waals surface area (Å²) < 4.78 is 20.9. The minimum absolute atomic E-state index is 0.0593. The normalized spacial score (nSPS) is 30.6. The molecule has 4 heterocycles. The lowest BCUT2D eigenvalue weighted by Crippen LogP contribution is -2.63. The number of pyridine rings is 1. The minimum Gasteiger partial charge on any atom is -0.462 e. The molecular weight excluding hydrogens is 851 g/mol. The van der Waals surface area contributed by atoms with Crippen LogP contribution < -0.4 is 5.32 Å². The number of carbonyl (C=O) groups excluding carboxylic acids is 2. The Morgan fingerprint density at radius 2 is 1.75 bits per heavy atom. The molecule has 15 heteroatoms. The summed E-state index contributed by atoms with van der Waals surface area (Å²) in [4.78, 5) is 36.4. The van der Waals surface area contributed by atoms with Gasteiger partial charge >= 0.3 is 5.97 Å². The second-order valence-electron chi connectivity index (χ2n) is 19.2. The van der Waals surface area contributed by atoms with Crippen molar-refractivity contribution < 1.29 is 39.1 Å². The Labute approximate surface area is 396 Å². The van der Waals surface area contributed by atoms with E-state index in [1.807, 2.05) is 83.4 Å². The molecule has 1 fully saturated rings. The van der Waals surface area contributed by atoms with E-state index in [2.05, 4.69) is 56.7 Å². The van der Waals surface area contributed by atoms with Crippen molar-refractivity contribution >= 4 is 22.7 Å². The Hall–Kier alpha value is -4.71. The van der Waals surface area contributed by atoms with Crippen molar-refractivity contribution in [2.24, 2.45) is 23.7 Å². The first-order valence-corrected chi connectivity index (χ1v) is 23.8. The maximum absolute atomic E-state index is 14.0. The second kappa shape index (κ2) is 24.0. The van der Waals surface area contributed by atoms with Crippen molar-refractivity contribution in [3.8, 4) is 5.69 Å². The lowest BCUT2D eigenvalue weighted by atomic mass is 9.79. The standard InChI is InChI=1S/C52H73N7O8/c1-10-46-40(28-53-27-37-15-13-14-32(2)22-37)23-33(3)18-19-44(60)34(4)24-39(20-21-58(9)30-41-31-59(56-55-41)42-25-38-16-11-12-17-43(38)54-29-42)51(35(5)45(61)26-47(62)66-46)67-52-50(64)48(57(7)8)49(63)36(6)65-52/h11-19,22-23,25,29,31,34-36,39-40,45-46,48-53,61,63-64H,10,20-21,24,26-28,30H2,1-9H3/b19-18+,33-23+/t34-,35+,36-,39+,40-,45-,46-,48+,49-,50-,51-,52+/m1/s1. The summed E-state index contributed by atoms with van der Waals surface area (Å²) >= 11 is 0. The summed E-state index contributed by atoms with van der Waals surface area (Å²) in [6, 6.07) is 17.5. The fourth-order valence-electron chi connectivity index (χ4n) is 9.51. The third kappa shape index (κ3) is 13.9. The van der Waals surface area contributed by atoms with Crippen molar-refractivity contribution in [1.82, 2.24) is 35.1 Å². The lowest BCUT2D eigenvalue weighted by Gasteiger charge is -2.46. The number of nitrogens with one attached hydrogen (secondary N) is 1. The highest BCUT2D eigenvalue weighted by Crippen LogP contribution is 2.35. The van der Waals surface area contributed by atoms with Crippen molar-refractivity contribution in [1.29, 1.82) is 0 Å². The fraction of sp³-hybridized carbons (Fsp3) is 0.558. The molecule has 0 unspecified atom stereocenters. The van der Waals surface area contributed by atoms with E-state index in [-0.39, 0.29) is 24.0 Å². The van der Waals surface area contributed by atoms with Gasteiger partial charge in [0.2, 0.25) is 0 Å². The van der Waals surface area contributed by atoms with Gasteiger partial charge in [-0.15, -0.1) is 5.10 Å². The number of benzene rings is 2. The maximum Gasteiger partial charge on any atom is 0.308 e. The van der Waals surface area contributed by atoms with Crippen LogP contribution in [0.25, 0.3) is 16.6 Å². The Bertz CT molecular complexity index is 2300. The highest BCUT2D eigenvalue weighted by molar-refractivity contribution is 5.91. The SMILES string of the molecule is CC[C@H]1OC(=O)C[C@@H](O)[C@H](C)[C@@H](O[C@@H]2O[C@H](C)[C@@H](O)[C@H](N(C)C)[C@H]2O)[C@@H](CCN(C)Cc2cn(-c3cnc4ccccc4c3)nn2)C[C@@H](C)C(=O)/C=C/C(C)=C/[C@@H]1CNCc1cccc(C)c1. The van der Waals surface area contributed by atoms with Crippen LogP contribution in [-0.2, 0) is 36.9 Å². The number of fused-ring (bicyclic) bond motifs is 1. The van der Waals surface area contributed by atoms with Crippen LogP contribution >= 0.6 is 0 Å². The number of esters is 1. The predicted molar refractivity (Wildman–Crippen MR) is 258 cm³/mol. The molecule has 0 bridgehead atoms. The molecule has 364 valence electrons. The zero-order valence-electron chi connectivity index (χ0n) is 40.7. The van der Waals surface area contributed by atoms with Gasteiger partial charge in [-0.25, -0.2) is 4.68 Å². The first kappa shape index (κ1) is 51.7. The van der Waals surface area contributed by atoms with Crippen LogP contribution in [-0.4, -0.2) is 140 Å². The van der Waals surface area contributed by atoms with E-state index in [1.54, 1.807) is 42.9 Å². The van der Waals surface area contributed by atoms with Gasteiger partial charge in [0.1, 0.15) is 12.2 Å². The number of aromatic nitrogens is 4. The molecule has 0 saturated carbocycles. The lowest BCUT2D eigenvalue weighted by molar-refractivity contribution is -0.304. The maximum atomic E-state index is 14.0. The Kier molecular flexibility index (Phi) is 18.5. The van der Waals surface area contributed by atoms with Gasteiger partial charge in [-0.05, 0) is 97.4 Å². The molecule has 6 rings (SSSR count). The molecule has 2 aliphatic rings. The third-order valence-corrected chi connectivity index (χ3v) is 13.4. The number of hydrogen-bond donors (Lipinski definition) is 4. The Balaban J connectivity index is 1.26. The Morgan fingerprint density at radius 1 is 0.970 bits per heavy atom. The number of allylic oxidation sites excluding steroid dienone is 3. The van der Waals surface area contributed by atoms with Crippen LogP contribution in [0.15, 0.2) is 90.8 Å². The van der Waals surface area contributed by atoms with Gasteiger partial charge in [0.15, 0.2) is 12.1 Å². The van der Waals surface area contributed by atoms with Crippen LogP contribution in [0.4, 0.5) is 0 Å². The number of aryl methyl sites for hydroxylation is 1. The van der Waals surface area contributed by atoms with Crippen LogP contribution in [0.2, 0.25) is 0 Å². The molecule has 0 aliphatic carbocycles. The Morgan fingerprint density at radius 3 is 2.49 bits per heavy atom. The van der Waals surface area contributed by atoms with E-state index in [0.717, 1.165) is 33.4 Å². The summed E-state index contributed by atoms with van der Waals surface area (Å²) in [6.07, 6.45) is 3.65. The summed E-state index contributed by atoms with van der Waals surface area (Å²) in [5.74, 6) is -2.33. The number of hydrogen-bond acceptors (Lipinski definition) is 14. The minimum atomic E-state index is -1.25. The quantitative estimate of drug-likeness (QED) is 0.115. The van der Waals surface area contributed by atoms with Gasteiger partial charge in [0, 0.05) is 42.8 Å². The molecule has 2 aromatic carbocycles. The molecule has 2 aromatic heterocycles. The highest BCUT2D eigenvalue weighted by atomic mass is 16.7. The van der Waals surface area contributed by atoms with Gasteiger partial charge in [-0.3, -0.25) is 14.6 Å². The number of rotatable bonds is 14. The van der Waals surface area contributed by atoms with E-state index in [1.165, 1.54) is 5.56 Å². The van der Waals surface area contributed by atoms with Gasteiger partial charge in [-0.2, -0.15) is 0 Å². The fourth-order valence-corrected chi connectivity index (χ4v) is 9.51. The number of para-hydroxylation sites is 1. The average Bonchev–Trinajstić information content (AvgIpc) is 3.76. The smallest absolute Gasteiger partial charge is 0.308 e. The number of aliphatic hydroxyl groups excluding tert-OH is 3.